The lowest BCUT2D eigenvalue weighted by atomic mass is 9.85. The number of aryl methyl sites for hydroxylation is 1. The van der Waals surface area contributed by atoms with Crippen LogP contribution in [0.25, 0.3) is 0 Å². The monoisotopic (exact) mass is 330 g/mol. The van der Waals surface area contributed by atoms with Gasteiger partial charge in [-0.3, -0.25) is 19.3 Å². The molecule has 0 saturated carbocycles. The van der Waals surface area contributed by atoms with Crippen LogP contribution in [0, 0.1) is 18.8 Å². The van der Waals surface area contributed by atoms with Crippen molar-refractivity contribution in [3.8, 4) is 0 Å². The molecule has 1 aromatic rings. The number of rotatable bonds is 5. The van der Waals surface area contributed by atoms with Gasteiger partial charge in [-0.25, -0.2) is 0 Å². The van der Waals surface area contributed by atoms with Crippen LogP contribution in [0.1, 0.15) is 30.8 Å². The lowest BCUT2D eigenvalue weighted by Gasteiger charge is -2.19. The van der Waals surface area contributed by atoms with Gasteiger partial charge in [-0.2, -0.15) is 0 Å². The Morgan fingerprint density at radius 2 is 1.83 bits per heavy atom. The summed E-state index contributed by atoms with van der Waals surface area (Å²) in [5.41, 5.74) is 0. The molecule has 2 aliphatic rings. The van der Waals surface area contributed by atoms with Gasteiger partial charge in [0.2, 0.25) is 17.7 Å². The Morgan fingerprint density at radius 3 is 2.38 bits per heavy atom. The van der Waals surface area contributed by atoms with E-state index >= 15 is 0 Å². The summed E-state index contributed by atoms with van der Waals surface area (Å²) in [5, 5.41) is 0. The first-order valence-corrected chi connectivity index (χ1v) is 8.27. The van der Waals surface area contributed by atoms with Gasteiger partial charge in [0.25, 0.3) is 0 Å². The van der Waals surface area contributed by atoms with Gasteiger partial charge in [0.1, 0.15) is 11.5 Å². The Kier molecular flexibility index (Phi) is 4.55. The third-order valence-corrected chi connectivity index (χ3v) is 4.76. The van der Waals surface area contributed by atoms with E-state index in [4.69, 9.17) is 4.42 Å². The standard InChI is InChI=1S/C18H22N2O4/c1-12-7-8-13(24-12)11-19(2)16(21)9-10-20-17(22)14-5-3-4-6-15(14)18(20)23/h3-4,7-8,14-15H,5-6,9-11H2,1-2H3/t14-,15-/m1/s1. The number of likely N-dealkylation sites (tertiary alicyclic amines) is 1. The van der Waals surface area contributed by atoms with E-state index in [2.05, 4.69) is 0 Å². The van der Waals surface area contributed by atoms with E-state index < -0.39 is 0 Å². The largest absolute Gasteiger partial charge is 0.464 e. The van der Waals surface area contributed by atoms with Crippen molar-refractivity contribution in [3.63, 3.8) is 0 Å². The summed E-state index contributed by atoms with van der Waals surface area (Å²) in [6.07, 6.45) is 5.30. The molecule has 0 spiro atoms. The molecule has 0 N–H and O–H groups in total. The summed E-state index contributed by atoms with van der Waals surface area (Å²) in [5.74, 6) is 0.669. The fraction of sp³-hybridized carbons (Fsp3) is 0.500. The Hall–Kier alpha value is -2.37. The maximum Gasteiger partial charge on any atom is 0.233 e. The summed E-state index contributed by atoms with van der Waals surface area (Å²) in [6, 6.07) is 3.69. The highest BCUT2D eigenvalue weighted by Crippen LogP contribution is 2.35. The summed E-state index contributed by atoms with van der Waals surface area (Å²) in [6.45, 7) is 2.39. The van der Waals surface area contributed by atoms with Crippen molar-refractivity contribution in [2.75, 3.05) is 13.6 Å². The van der Waals surface area contributed by atoms with Crippen molar-refractivity contribution >= 4 is 17.7 Å². The van der Waals surface area contributed by atoms with Crippen LogP contribution in [-0.4, -0.2) is 41.1 Å². The van der Waals surface area contributed by atoms with E-state index in [0.717, 1.165) is 5.76 Å². The SMILES string of the molecule is Cc1ccc(CN(C)C(=O)CCN2C(=O)[C@@H]3CC=CC[C@H]3C2=O)o1. The number of amides is 3. The number of nitrogens with zero attached hydrogens (tertiary/aromatic N) is 2. The van der Waals surface area contributed by atoms with Crippen molar-refractivity contribution < 1.29 is 18.8 Å². The van der Waals surface area contributed by atoms with Crippen molar-refractivity contribution in [3.05, 3.63) is 35.8 Å². The molecule has 3 rings (SSSR count). The minimum absolute atomic E-state index is 0.113. The third kappa shape index (κ3) is 3.13. The zero-order valence-electron chi connectivity index (χ0n) is 14.0. The fourth-order valence-corrected chi connectivity index (χ4v) is 3.38. The van der Waals surface area contributed by atoms with Gasteiger partial charge in [0, 0.05) is 20.0 Å². The minimum atomic E-state index is -0.235. The molecule has 1 aliphatic heterocycles. The first kappa shape index (κ1) is 16.5. The highest BCUT2D eigenvalue weighted by Gasteiger charge is 2.46. The van der Waals surface area contributed by atoms with E-state index in [9.17, 15) is 14.4 Å². The quantitative estimate of drug-likeness (QED) is 0.610. The maximum absolute atomic E-state index is 12.4. The van der Waals surface area contributed by atoms with Crippen LogP contribution in [0.4, 0.5) is 0 Å². The Labute approximate surface area is 141 Å². The molecule has 1 fully saturated rings. The number of allylic oxidation sites excluding steroid dienone is 2. The maximum atomic E-state index is 12.4. The number of carbonyl (C=O) groups excluding carboxylic acids is 3. The van der Waals surface area contributed by atoms with Crippen LogP contribution < -0.4 is 0 Å². The Balaban J connectivity index is 1.54. The van der Waals surface area contributed by atoms with Crippen molar-refractivity contribution in [1.82, 2.24) is 9.80 Å². The molecular formula is C18H22N2O4. The topological polar surface area (TPSA) is 70.8 Å². The van der Waals surface area contributed by atoms with E-state index in [0.29, 0.717) is 25.1 Å². The van der Waals surface area contributed by atoms with Crippen LogP contribution >= 0.6 is 0 Å². The number of hydrogen-bond donors (Lipinski definition) is 0. The first-order chi connectivity index (χ1) is 11.5. The lowest BCUT2D eigenvalue weighted by Crippen LogP contribution is -2.36. The van der Waals surface area contributed by atoms with E-state index in [1.807, 2.05) is 31.2 Å². The van der Waals surface area contributed by atoms with Gasteiger partial charge in [-0.05, 0) is 31.9 Å². The highest BCUT2D eigenvalue weighted by molar-refractivity contribution is 6.05. The average Bonchev–Trinajstić information content (AvgIpc) is 3.08. The summed E-state index contributed by atoms with van der Waals surface area (Å²) < 4.78 is 5.46. The van der Waals surface area contributed by atoms with Crippen LogP contribution in [0.5, 0.6) is 0 Å². The number of imide groups is 1. The molecule has 0 bridgehead atoms. The van der Waals surface area contributed by atoms with E-state index in [1.165, 1.54) is 4.90 Å². The van der Waals surface area contributed by atoms with Gasteiger partial charge in [-0.15, -0.1) is 0 Å². The molecule has 1 saturated heterocycles. The normalized spacial score (nSPS) is 22.8. The van der Waals surface area contributed by atoms with E-state index in [1.54, 1.807) is 11.9 Å². The molecule has 128 valence electrons. The zero-order chi connectivity index (χ0) is 17.3. The predicted octanol–water partition coefficient (Wildman–Crippen LogP) is 1.89. The van der Waals surface area contributed by atoms with E-state index in [-0.39, 0.29) is 42.5 Å². The fourth-order valence-electron chi connectivity index (χ4n) is 3.38. The molecule has 0 aromatic carbocycles. The molecular weight excluding hydrogens is 308 g/mol. The van der Waals surface area contributed by atoms with Crippen LogP contribution in [0.2, 0.25) is 0 Å². The van der Waals surface area contributed by atoms with Crippen molar-refractivity contribution in [2.45, 2.75) is 32.7 Å². The number of furan rings is 1. The minimum Gasteiger partial charge on any atom is -0.464 e. The summed E-state index contributed by atoms with van der Waals surface area (Å²) in [4.78, 5) is 39.8. The van der Waals surface area contributed by atoms with Crippen molar-refractivity contribution in [2.24, 2.45) is 11.8 Å². The number of fused-ring (bicyclic) bond motifs is 1. The van der Waals surface area contributed by atoms with Gasteiger partial charge < -0.3 is 9.32 Å². The summed E-state index contributed by atoms with van der Waals surface area (Å²) >= 11 is 0. The highest BCUT2D eigenvalue weighted by atomic mass is 16.3. The first-order valence-electron chi connectivity index (χ1n) is 8.27. The van der Waals surface area contributed by atoms with Gasteiger partial charge in [0.05, 0.1) is 18.4 Å². The smallest absolute Gasteiger partial charge is 0.233 e. The number of carbonyl (C=O) groups is 3. The average molecular weight is 330 g/mol. The van der Waals surface area contributed by atoms with Gasteiger partial charge in [-0.1, -0.05) is 12.2 Å². The molecule has 1 aromatic heterocycles. The second-order valence-electron chi connectivity index (χ2n) is 6.50. The molecule has 24 heavy (non-hydrogen) atoms. The molecule has 2 heterocycles. The Bertz CT molecular complexity index is 665. The lowest BCUT2D eigenvalue weighted by molar-refractivity contribution is -0.140. The van der Waals surface area contributed by atoms with Crippen LogP contribution in [-0.2, 0) is 20.9 Å². The van der Waals surface area contributed by atoms with Gasteiger partial charge in [0.15, 0.2) is 0 Å². The van der Waals surface area contributed by atoms with Crippen LogP contribution in [0.15, 0.2) is 28.7 Å². The predicted molar refractivity (Wildman–Crippen MR) is 86.6 cm³/mol. The second-order valence-corrected chi connectivity index (χ2v) is 6.50. The molecule has 2 atom stereocenters. The zero-order valence-corrected chi connectivity index (χ0v) is 14.0. The molecule has 3 amide bonds. The van der Waals surface area contributed by atoms with Crippen molar-refractivity contribution in [1.29, 1.82) is 0 Å². The van der Waals surface area contributed by atoms with Crippen LogP contribution in [0.3, 0.4) is 0 Å². The van der Waals surface area contributed by atoms with Gasteiger partial charge >= 0.3 is 0 Å². The number of hydrogen-bond acceptors (Lipinski definition) is 4. The summed E-state index contributed by atoms with van der Waals surface area (Å²) in [7, 11) is 1.69. The third-order valence-electron chi connectivity index (χ3n) is 4.76. The molecule has 6 nitrogen and oxygen atoms in total. The molecule has 0 unspecified atom stereocenters. The second kappa shape index (κ2) is 6.63. The Morgan fingerprint density at radius 1 is 1.21 bits per heavy atom. The molecule has 1 aliphatic carbocycles. The molecule has 6 heteroatoms. The molecule has 0 radical (unpaired) electrons.